The third kappa shape index (κ3) is 3.89. The number of rotatable bonds is 7. The van der Waals surface area contributed by atoms with Gasteiger partial charge in [-0.05, 0) is 20.8 Å². The van der Waals surface area contributed by atoms with Crippen molar-refractivity contribution in [3.8, 4) is 0 Å². The number of carboxylic acids is 1. The molecule has 27 heavy (non-hydrogen) atoms. The van der Waals surface area contributed by atoms with Gasteiger partial charge in [0.1, 0.15) is 6.04 Å². The molecule has 0 aliphatic rings. The Morgan fingerprint density at radius 3 is 2.63 bits per heavy atom. The number of amides is 1. The molecule has 1 amide bonds. The summed E-state index contributed by atoms with van der Waals surface area (Å²) in [6.07, 6.45) is 7.84. The highest BCUT2D eigenvalue weighted by Gasteiger charge is 2.17. The van der Waals surface area contributed by atoms with Crippen molar-refractivity contribution < 1.29 is 14.7 Å². The normalized spacial score (nSPS) is 12.1. The molecule has 0 fully saturated rings. The Balaban J connectivity index is 1.66. The number of aryl methyl sites for hydroxylation is 1. The highest BCUT2D eigenvalue weighted by atomic mass is 16.4. The number of aliphatic carboxylic acids is 1. The molecule has 3 rings (SSSR count). The number of aromatic nitrogens is 6. The lowest BCUT2D eigenvalue weighted by atomic mass is 10.2. The van der Waals surface area contributed by atoms with Crippen LogP contribution in [0.1, 0.15) is 41.5 Å². The zero-order valence-electron chi connectivity index (χ0n) is 15.3. The van der Waals surface area contributed by atoms with Crippen molar-refractivity contribution in [2.45, 2.75) is 39.9 Å². The highest BCUT2D eigenvalue weighted by Crippen LogP contribution is 2.13. The van der Waals surface area contributed by atoms with Gasteiger partial charge in [-0.1, -0.05) is 0 Å². The van der Waals surface area contributed by atoms with E-state index in [2.05, 4.69) is 20.6 Å². The van der Waals surface area contributed by atoms with Crippen LogP contribution in [0.2, 0.25) is 0 Å². The molecule has 1 unspecified atom stereocenters. The first-order valence-corrected chi connectivity index (χ1v) is 8.51. The van der Waals surface area contributed by atoms with Crippen LogP contribution in [-0.2, 0) is 17.9 Å². The van der Waals surface area contributed by atoms with Crippen molar-refractivity contribution in [1.29, 1.82) is 0 Å². The first-order valence-electron chi connectivity index (χ1n) is 8.51. The molecule has 10 nitrogen and oxygen atoms in total. The van der Waals surface area contributed by atoms with Gasteiger partial charge >= 0.3 is 5.97 Å². The molecule has 0 spiro atoms. The first kappa shape index (κ1) is 18.4. The Kier molecular flexibility index (Phi) is 5.06. The van der Waals surface area contributed by atoms with Crippen LogP contribution in [0.25, 0.3) is 0 Å². The zero-order chi connectivity index (χ0) is 19.6. The summed E-state index contributed by atoms with van der Waals surface area (Å²) in [6.45, 7) is 6.89. The maximum Gasteiger partial charge on any atom is 0.328 e. The van der Waals surface area contributed by atoms with Crippen LogP contribution in [0, 0.1) is 6.92 Å². The Morgan fingerprint density at radius 1 is 1.19 bits per heavy atom. The number of carbonyl (C=O) groups excluding carboxylic acids is 1. The summed E-state index contributed by atoms with van der Waals surface area (Å²) in [5.41, 5.74) is 2.95. The monoisotopic (exact) mass is 371 g/mol. The van der Waals surface area contributed by atoms with Crippen LogP contribution in [0.15, 0.2) is 31.0 Å². The van der Waals surface area contributed by atoms with Gasteiger partial charge < -0.3 is 10.4 Å². The summed E-state index contributed by atoms with van der Waals surface area (Å²) in [7, 11) is 0. The fourth-order valence-electron chi connectivity index (χ4n) is 2.63. The van der Waals surface area contributed by atoms with E-state index < -0.39 is 12.0 Å². The fourth-order valence-corrected chi connectivity index (χ4v) is 2.63. The van der Waals surface area contributed by atoms with Gasteiger partial charge in [0, 0.05) is 30.2 Å². The number of nitrogens with zero attached hydrogens (tertiary/aromatic N) is 6. The van der Waals surface area contributed by atoms with Gasteiger partial charge in [-0.3, -0.25) is 18.8 Å². The van der Waals surface area contributed by atoms with Crippen molar-refractivity contribution in [2.75, 3.05) is 5.32 Å². The second kappa shape index (κ2) is 7.44. The van der Waals surface area contributed by atoms with Gasteiger partial charge in [-0.25, -0.2) is 4.79 Å². The fraction of sp³-hybridized carbons (Fsp3) is 0.353. The lowest BCUT2D eigenvalue weighted by molar-refractivity contribution is -0.140. The largest absolute Gasteiger partial charge is 0.480 e. The summed E-state index contributed by atoms with van der Waals surface area (Å²) in [4.78, 5) is 23.3. The van der Waals surface area contributed by atoms with Crippen molar-refractivity contribution in [3.63, 3.8) is 0 Å². The predicted octanol–water partition coefficient (Wildman–Crippen LogP) is 1.55. The number of carbonyl (C=O) groups is 2. The second-order valence-corrected chi connectivity index (χ2v) is 6.17. The molecule has 10 heteroatoms. The number of anilines is 1. The summed E-state index contributed by atoms with van der Waals surface area (Å²) in [5.74, 6) is -1.40. The Bertz CT molecular complexity index is 969. The van der Waals surface area contributed by atoms with Crippen LogP contribution in [0.4, 0.5) is 5.69 Å². The van der Waals surface area contributed by atoms with Gasteiger partial charge in [0.2, 0.25) is 0 Å². The van der Waals surface area contributed by atoms with E-state index in [0.29, 0.717) is 12.2 Å². The highest BCUT2D eigenvalue weighted by molar-refractivity contribution is 6.03. The van der Waals surface area contributed by atoms with E-state index in [1.165, 1.54) is 24.0 Å². The minimum absolute atomic E-state index is 0.274. The van der Waals surface area contributed by atoms with Crippen molar-refractivity contribution >= 4 is 17.6 Å². The van der Waals surface area contributed by atoms with Crippen LogP contribution in [0.3, 0.4) is 0 Å². The number of nitrogens with one attached hydrogen (secondary N) is 1. The van der Waals surface area contributed by atoms with Crippen molar-refractivity contribution in [1.82, 2.24) is 29.3 Å². The van der Waals surface area contributed by atoms with E-state index in [1.54, 1.807) is 17.1 Å². The summed E-state index contributed by atoms with van der Waals surface area (Å²) < 4.78 is 4.86. The number of hydrogen-bond acceptors (Lipinski definition) is 5. The van der Waals surface area contributed by atoms with E-state index in [9.17, 15) is 9.59 Å². The van der Waals surface area contributed by atoms with Crippen molar-refractivity contribution in [3.05, 3.63) is 47.8 Å². The molecular weight excluding hydrogens is 350 g/mol. The number of carboxylic acid groups (broad SMARTS) is 1. The summed E-state index contributed by atoms with van der Waals surface area (Å²) >= 11 is 0. The van der Waals surface area contributed by atoms with Gasteiger partial charge in [0.05, 0.1) is 36.4 Å². The van der Waals surface area contributed by atoms with E-state index in [0.717, 1.165) is 17.8 Å². The maximum atomic E-state index is 12.3. The molecule has 3 heterocycles. The second-order valence-electron chi connectivity index (χ2n) is 6.17. The van der Waals surface area contributed by atoms with Crippen LogP contribution in [-0.4, -0.2) is 46.3 Å². The van der Waals surface area contributed by atoms with E-state index in [-0.39, 0.29) is 11.5 Å². The van der Waals surface area contributed by atoms with E-state index in [1.807, 2.05) is 24.7 Å². The van der Waals surface area contributed by atoms with Gasteiger partial charge in [-0.2, -0.15) is 15.3 Å². The molecule has 1 atom stereocenters. The average molecular weight is 371 g/mol. The molecule has 0 aliphatic carbocycles. The van der Waals surface area contributed by atoms with E-state index >= 15 is 0 Å². The molecule has 0 saturated carbocycles. The molecule has 0 aromatic carbocycles. The molecule has 142 valence electrons. The topological polar surface area (TPSA) is 120 Å². The Labute approximate surface area is 155 Å². The Morgan fingerprint density at radius 2 is 1.96 bits per heavy atom. The maximum absolute atomic E-state index is 12.3. The first-order chi connectivity index (χ1) is 12.9. The van der Waals surface area contributed by atoms with E-state index in [4.69, 9.17) is 5.11 Å². The number of hydrogen-bond donors (Lipinski definition) is 2. The molecule has 2 N–H and O–H groups in total. The zero-order valence-corrected chi connectivity index (χ0v) is 15.3. The summed E-state index contributed by atoms with van der Waals surface area (Å²) in [6, 6.07) is -0.846. The molecule has 0 aliphatic heterocycles. The predicted molar refractivity (Wildman–Crippen MR) is 96.5 cm³/mol. The standard InChI is InChI=1S/C17H21N7O3/c1-4-23-11(2)13(5-19-23)8-22-10-15(7-18-22)21-16(25)14-6-20-24(9-14)12(3)17(26)27/h5-7,9-10,12H,4,8H2,1-3H3,(H,21,25)(H,26,27). The molecular formula is C17H21N7O3. The quantitative estimate of drug-likeness (QED) is 0.650. The van der Waals surface area contributed by atoms with Gasteiger partial charge in [0.25, 0.3) is 5.91 Å². The van der Waals surface area contributed by atoms with Crippen LogP contribution in [0.5, 0.6) is 0 Å². The third-order valence-corrected chi connectivity index (χ3v) is 4.35. The Hall–Kier alpha value is -3.43. The summed E-state index contributed by atoms with van der Waals surface area (Å²) in [5, 5.41) is 24.2. The van der Waals surface area contributed by atoms with Crippen LogP contribution < -0.4 is 5.32 Å². The lowest BCUT2D eigenvalue weighted by Crippen LogP contribution is -2.16. The molecule has 3 aromatic heterocycles. The molecule has 0 radical (unpaired) electrons. The molecule has 0 saturated heterocycles. The molecule has 3 aromatic rings. The van der Waals surface area contributed by atoms with Crippen molar-refractivity contribution in [2.24, 2.45) is 0 Å². The minimum Gasteiger partial charge on any atom is -0.480 e. The minimum atomic E-state index is -1.02. The smallest absolute Gasteiger partial charge is 0.328 e. The van der Waals surface area contributed by atoms with Gasteiger partial charge in [-0.15, -0.1) is 0 Å². The van der Waals surface area contributed by atoms with Gasteiger partial charge in [0.15, 0.2) is 0 Å². The lowest BCUT2D eigenvalue weighted by Gasteiger charge is -2.05. The molecule has 0 bridgehead atoms. The van der Waals surface area contributed by atoms with Crippen LogP contribution >= 0.6 is 0 Å². The SMILES string of the molecule is CCn1ncc(Cn2cc(NC(=O)c3cnn(C(C)C(=O)O)c3)cn2)c1C. The average Bonchev–Trinajstić information content (AvgIpc) is 3.36. The third-order valence-electron chi connectivity index (χ3n) is 4.35.